The molecule has 1 fully saturated rings. The van der Waals surface area contributed by atoms with Gasteiger partial charge in [-0.25, -0.2) is 9.37 Å². The number of carbonyl (C=O) groups excluding carboxylic acids is 3. The lowest BCUT2D eigenvalue weighted by Gasteiger charge is -2.40. The van der Waals surface area contributed by atoms with E-state index in [0.29, 0.717) is 5.56 Å². The highest BCUT2D eigenvalue weighted by atomic mass is 35.5. The van der Waals surface area contributed by atoms with Crippen molar-refractivity contribution in [2.24, 2.45) is 0 Å². The molecule has 0 radical (unpaired) electrons. The van der Waals surface area contributed by atoms with E-state index in [1.54, 1.807) is 0 Å². The second-order valence-corrected chi connectivity index (χ2v) is 7.49. The summed E-state index contributed by atoms with van der Waals surface area (Å²) in [6.07, 6.45) is -3.39. The van der Waals surface area contributed by atoms with Crippen molar-refractivity contribution in [1.82, 2.24) is 15.2 Å². The zero-order valence-electron chi connectivity index (χ0n) is 16.6. The lowest BCUT2D eigenvalue weighted by atomic mass is 10.1. The van der Waals surface area contributed by atoms with Crippen LogP contribution in [-0.4, -0.2) is 46.7 Å². The third-order valence-electron chi connectivity index (χ3n) is 4.76. The van der Waals surface area contributed by atoms with E-state index in [1.807, 2.05) is 0 Å². The maximum Gasteiger partial charge on any atom is 0.416 e. The summed E-state index contributed by atoms with van der Waals surface area (Å²) in [5.41, 5.74) is -0.510. The smallest absolute Gasteiger partial charge is 0.354 e. The summed E-state index contributed by atoms with van der Waals surface area (Å²) in [5.74, 6) is -3.08. The average molecular weight is 473 g/mol. The van der Waals surface area contributed by atoms with Gasteiger partial charge in [0.25, 0.3) is 5.91 Å². The van der Waals surface area contributed by atoms with E-state index in [2.05, 4.69) is 10.3 Å². The van der Waals surface area contributed by atoms with Crippen molar-refractivity contribution in [2.45, 2.75) is 25.7 Å². The lowest BCUT2D eigenvalue weighted by Crippen LogP contribution is -2.63. The maximum atomic E-state index is 14.3. The van der Waals surface area contributed by atoms with Crippen LogP contribution in [0.3, 0.4) is 0 Å². The molecule has 0 aliphatic carbocycles. The van der Waals surface area contributed by atoms with E-state index in [9.17, 15) is 31.9 Å². The Morgan fingerprint density at radius 3 is 2.47 bits per heavy atom. The number of nitrogens with zero attached hydrogens (tertiary/aromatic N) is 3. The Hall–Kier alpha value is -3.21. The Labute approximate surface area is 185 Å². The molecule has 1 N–H and O–H groups in total. The molecule has 2 heterocycles. The van der Waals surface area contributed by atoms with Crippen LogP contribution >= 0.6 is 11.6 Å². The van der Waals surface area contributed by atoms with Gasteiger partial charge in [0.2, 0.25) is 11.8 Å². The van der Waals surface area contributed by atoms with E-state index in [0.717, 1.165) is 34.2 Å². The van der Waals surface area contributed by atoms with Crippen LogP contribution < -0.4 is 10.2 Å². The number of alkyl halides is 3. The first-order chi connectivity index (χ1) is 15.0. The molecule has 3 rings (SSSR count). The number of benzene rings is 1. The summed E-state index contributed by atoms with van der Waals surface area (Å²) in [6, 6.07) is 3.85. The molecule has 0 bridgehead atoms. The number of piperazine rings is 1. The predicted molar refractivity (Wildman–Crippen MR) is 106 cm³/mol. The second kappa shape index (κ2) is 9.11. The number of rotatable bonds is 5. The Kier molecular flexibility index (Phi) is 6.68. The summed E-state index contributed by atoms with van der Waals surface area (Å²) in [4.78, 5) is 43.1. The second-order valence-electron chi connectivity index (χ2n) is 7.05. The van der Waals surface area contributed by atoms with Crippen LogP contribution in [0.25, 0.3) is 0 Å². The number of hydrogen-bond donors (Lipinski definition) is 1. The number of amides is 3. The first-order valence-electron chi connectivity index (χ1n) is 9.30. The summed E-state index contributed by atoms with van der Waals surface area (Å²) in [7, 11) is 0. The van der Waals surface area contributed by atoms with E-state index in [-0.39, 0.29) is 18.1 Å². The van der Waals surface area contributed by atoms with Crippen LogP contribution in [0.5, 0.6) is 0 Å². The minimum absolute atomic E-state index is 0.000705. The fourth-order valence-electron chi connectivity index (χ4n) is 3.21. The van der Waals surface area contributed by atoms with Crippen LogP contribution in [0.15, 0.2) is 36.5 Å². The van der Waals surface area contributed by atoms with Crippen molar-refractivity contribution in [2.75, 3.05) is 18.0 Å². The Morgan fingerprint density at radius 2 is 1.91 bits per heavy atom. The minimum atomic E-state index is -4.51. The summed E-state index contributed by atoms with van der Waals surface area (Å²) < 4.78 is 52.7. The Bertz CT molecular complexity index is 1050. The molecule has 1 aromatic heterocycles. The largest absolute Gasteiger partial charge is 0.416 e. The summed E-state index contributed by atoms with van der Waals surface area (Å²) in [6.45, 7) is 0.221. The number of hydrogen-bond acceptors (Lipinski definition) is 4. The van der Waals surface area contributed by atoms with Gasteiger partial charge in [-0.05, 0) is 23.8 Å². The van der Waals surface area contributed by atoms with E-state index >= 15 is 0 Å². The number of halogens is 5. The van der Waals surface area contributed by atoms with Gasteiger partial charge < -0.3 is 10.2 Å². The third-order valence-corrected chi connectivity index (χ3v) is 4.97. The van der Waals surface area contributed by atoms with Crippen molar-refractivity contribution in [3.8, 4) is 0 Å². The highest BCUT2D eigenvalue weighted by Crippen LogP contribution is 2.30. The lowest BCUT2D eigenvalue weighted by molar-refractivity contribution is -0.144. The quantitative estimate of drug-likeness (QED) is 0.678. The van der Waals surface area contributed by atoms with Crippen LogP contribution in [0.2, 0.25) is 5.02 Å². The van der Waals surface area contributed by atoms with Crippen molar-refractivity contribution in [3.05, 3.63) is 58.5 Å². The van der Waals surface area contributed by atoms with Crippen LogP contribution in [0.1, 0.15) is 18.1 Å². The van der Waals surface area contributed by atoms with Gasteiger partial charge in [-0.15, -0.1) is 0 Å². The first-order valence-corrected chi connectivity index (χ1v) is 9.67. The Morgan fingerprint density at radius 1 is 1.25 bits per heavy atom. The van der Waals surface area contributed by atoms with Gasteiger partial charge in [-0.2, -0.15) is 13.2 Å². The van der Waals surface area contributed by atoms with Crippen molar-refractivity contribution < 1.29 is 31.9 Å². The third kappa shape index (κ3) is 5.16. The van der Waals surface area contributed by atoms with Gasteiger partial charge in [-0.3, -0.25) is 19.3 Å². The maximum absolute atomic E-state index is 14.3. The molecule has 1 aliphatic rings. The molecule has 1 aliphatic heterocycles. The SMILES string of the molecule is CC(=O)NCC1C(=O)N(c2ncc(Cl)cc2F)CC(=O)N1Cc1ccc(C(F)(F)F)cc1. The Balaban J connectivity index is 1.89. The minimum Gasteiger partial charge on any atom is -0.354 e. The molecule has 0 saturated carbocycles. The molecule has 170 valence electrons. The molecule has 1 unspecified atom stereocenters. The molecule has 2 aromatic rings. The fourth-order valence-corrected chi connectivity index (χ4v) is 3.35. The number of nitrogens with one attached hydrogen (secondary N) is 1. The molecule has 1 atom stereocenters. The van der Waals surface area contributed by atoms with Gasteiger partial charge in [-0.1, -0.05) is 23.7 Å². The molecule has 1 saturated heterocycles. The molecule has 0 spiro atoms. The molecule has 12 heteroatoms. The molecule has 3 amide bonds. The van der Waals surface area contributed by atoms with Gasteiger partial charge in [0.05, 0.1) is 10.6 Å². The zero-order chi connectivity index (χ0) is 23.6. The molecular formula is C20H17ClF4N4O3. The molecule has 1 aromatic carbocycles. The molecule has 7 nitrogen and oxygen atoms in total. The highest BCUT2D eigenvalue weighted by molar-refractivity contribution is 6.30. The monoisotopic (exact) mass is 472 g/mol. The van der Waals surface area contributed by atoms with Gasteiger partial charge in [0, 0.05) is 26.2 Å². The van der Waals surface area contributed by atoms with Crippen molar-refractivity contribution in [3.63, 3.8) is 0 Å². The number of carbonyl (C=O) groups is 3. The van der Waals surface area contributed by atoms with Crippen LogP contribution in [-0.2, 0) is 27.1 Å². The normalized spacial score (nSPS) is 17.0. The number of pyridine rings is 1. The van der Waals surface area contributed by atoms with Gasteiger partial charge >= 0.3 is 6.18 Å². The van der Waals surface area contributed by atoms with Crippen molar-refractivity contribution in [1.29, 1.82) is 0 Å². The summed E-state index contributed by atoms with van der Waals surface area (Å²) >= 11 is 5.69. The van der Waals surface area contributed by atoms with Gasteiger partial charge in [0.1, 0.15) is 12.6 Å². The predicted octanol–water partition coefficient (Wildman–Crippen LogP) is 2.77. The summed E-state index contributed by atoms with van der Waals surface area (Å²) in [5, 5.41) is 2.44. The fraction of sp³-hybridized carbons (Fsp3) is 0.300. The molecular weight excluding hydrogens is 456 g/mol. The van der Waals surface area contributed by atoms with Crippen LogP contribution in [0.4, 0.5) is 23.4 Å². The average Bonchev–Trinajstić information content (AvgIpc) is 2.70. The number of aromatic nitrogens is 1. The molecule has 32 heavy (non-hydrogen) atoms. The van der Waals surface area contributed by atoms with Gasteiger partial charge in [0.15, 0.2) is 11.6 Å². The highest BCUT2D eigenvalue weighted by Gasteiger charge is 2.41. The number of anilines is 1. The van der Waals surface area contributed by atoms with Crippen LogP contribution in [0, 0.1) is 5.82 Å². The standard InChI is InChI=1S/C20H17ClF4N4O3/c1-11(30)26-8-16-19(32)29(18-15(22)6-14(21)7-27-18)10-17(31)28(16)9-12-2-4-13(5-3-12)20(23,24)25/h2-7,16H,8-10H2,1H3,(H,26,30). The van der Waals surface area contributed by atoms with E-state index in [4.69, 9.17) is 11.6 Å². The van der Waals surface area contributed by atoms with E-state index in [1.165, 1.54) is 19.1 Å². The topological polar surface area (TPSA) is 82.6 Å². The van der Waals surface area contributed by atoms with E-state index < -0.39 is 53.7 Å². The first kappa shape index (κ1) is 23.5. The van der Waals surface area contributed by atoms with Crippen molar-refractivity contribution >= 4 is 35.1 Å². The zero-order valence-corrected chi connectivity index (χ0v) is 17.4.